The van der Waals surface area contributed by atoms with E-state index in [0.717, 1.165) is 30.4 Å². The Kier molecular flexibility index (Phi) is 4.58. The minimum absolute atomic E-state index is 0.124. The highest BCUT2D eigenvalue weighted by atomic mass is 16.5. The maximum absolute atomic E-state index is 12.8. The topological polar surface area (TPSA) is 65.4 Å². The molecule has 1 unspecified atom stereocenters. The third kappa shape index (κ3) is 3.28. The van der Waals surface area contributed by atoms with E-state index in [1.165, 1.54) is 0 Å². The van der Waals surface area contributed by atoms with Gasteiger partial charge in [-0.3, -0.25) is 9.48 Å². The first-order valence-corrected chi connectivity index (χ1v) is 8.79. The molecule has 1 fully saturated rings. The van der Waals surface area contributed by atoms with Crippen molar-refractivity contribution in [3.05, 3.63) is 54.2 Å². The zero-order valence-corrected chi connectivity index (χ0v) is 14.6. The van der Waals surface area contributed by atoms with Crippen LogP contribution in [0.1, 0.15) is 23.3 Å². The third-order valence-electron chi connectivity index (χ3n) is 4.56. The summed E-state index contributed by atoms with van der Waals surface area (Å²) in [6.07, 6.45) is 2.20. The molecule has 3 aromatic rings. The second-order valence-electron chi connectivity index (χ2n) is 6.39. The Morgan fingerprint density at radius 2 is 2.08 bits per heavy atom. The number of rotatable bonds is 5. The molecule has 6 heteroatoms. The van der Waals surface area contributed by atoms with Crippen LogP contribution < -0.4 is 10.1 Å². The molecule has 2 aromatic carbocycles. The number of para-hydroxylation sites is 3. The smallest absolute Gasteiger partial charge is 0.276 e. The van der Waals surface area contributed by atoms with Crippen LogP contribution in [0.2, 0.25) is 0 Å². The molecule has 1 aliphatic rings. The minimum Gasteiger partial charge on any atom is -0.489 e. The molecule has 6 nitrogen and oxygen atoms in total. The van der Waals surface area contributed by atoms with Crippen molar-refractivity contribution in [2.45, 2.75) is 18.9 Å². The molecule has 0 radical (unpaired) electrons. The molecule has 1 aliphatic heterocycles. The standard InChI is InChI=1S/C20H21N3O3/c1-23-17-10-4-2-8-15(17)19(22-23)20(24)21-16-9-3-5-11-18(16)26-13-14-7-6-12-25-14/h2-5,8-11,14H,6-7,12-13H2,1H3,(H,21,24). The van der Waals surface area contributed by atoms with E-state index in [1.54, 1.807) is 4.68 Å². The van der Waals surface area contributed by atoms with Crippen LogP contribution in [-0.2, 0) is 11.8 Å². The molecule has 134 valence electrons. The lowest BCUT2D eigenvalue weighted by atomic mass is 10.2. The predicted molar refractivity (Wildman–Crippen MR) is 99.6 cm³/mol. The molecule has 0 aliphatic carbocycles. The highest BCUT2D eigenvalue weighted by molar-refractivity contribution is 6.11. The SMILES string of the molecule is Cn1nc(C(=O)Nc2ccccc2OCC2CCCO2)c2ccccc21. The number of amides is 1. The van der Waals surface area contributed by atoms with Gasteiger partial charge in [-0.05, 0) is 31.0 Å². The molecular formula is C20H21N3O3. The predicted octanol–water partition coefficient (Wildman–Crippen LogP) is 3.38. The van der Waals surface area contributed by atoms with Crippen molar-refractivity contribution in [1.82, 2.24) is 9.78 Å². The molecule has 4 rings (SSSR count). The Labute approximate surface area is 151 Å². The number of hydrogen-bond donors (Lipinski definition) is 1. The van der Waals surface area contributed by atoms with Gasteiger partial charge in [0.05, 0.1) is 17.3 Å². The van der Waals surface area contributed by atoms with Crippen molar-refractivity contribution < 1.29 is 14.3 Å². The van der Waals surface area contributed by atoms with E-state index in [-0.39, 0.29) is 12.0 Å². The zero-order valence-electron chi connectivity index (χ0n) is 14.6. The second-order valence-corrected chi connectivity index (χ2v) is 6.39. The maximum atomic E-state index is 12.8. The summed E-state index contributed by atoms with van der Waals surface area (Å²) in [7, 11) is 1.83. The monoisotopic (exact) mass is 351 g/mol. The number of carbonyl (C=O) groups excluding carboxylic acids is 1. The molecule has 0 spiro atoms. The summed E-state index contributed by atoms with van der Waals surface area (Å²) in [4.78, 5) is 12.8. The number of ether oxygens (including phenoxy) is 2. The maximum Gasteiger partial charge on any atom is 0.276 e. The van der Waals surface area contributed by atoms with Crippen molar-refractivity contribution in [2.24, 2.45) is 7.05 Å². The first-order chi connectivity index (χ1) is 12.7. The Morgan fingerprint density at radius 1 is 1.27 bits per heavy atom. The Hall–Kier alpha value is -2.86. The molecular weight excluding hydrogens is 330 g/mol. The molecule has 2 heterocycles. The van der Waals surface area contributed by atoms with E-state index in [4.69, 9.17) is 9.47 Å². The number of aryl methyl sites for hydroxylation is 1. The van der Waals surface area contributed by atoms with E-state index >= 15 is 0 Å². The fourth-order valence-corrected chi connectivity index (χ4v) is 3.22. The average Bonchev–Trinajstić information content (AvgIpc) is 3.29. The Bertz CT molecular complexity index is 929. The van der Waals surface area contributed by atoms with Crippen LogP contribution in [0.3, 0.4) is 0 Å². The third-order valence-corrected chi connectivity index (χ3v) is 4.56. The largest absolute Gasteiger partial charge is 0.489 e. The van der Waals surface area contributed by atoms with Crippen LogP contribution in [0.4, 0.5) is 5.69 Å². The second kappa shape index (κ2) is 7.17. The van der Waals surface area contributed by atoms with Gasteiger partial charge in [-0.1, -0.05) is 30.3 Å². The molecule has 1 N–H and O–H groups in total. The van der Waals surface area contributed by atoms with Gasteiger partial charge in [0, 0.05) is 19.0 Å². The Balaban J connectivity index is 1.53. The van der Waals surface area contributed by atoms with Crippen molar-refractivity contribution in [1.29, 1.82) is 0 Å². The van der Waals surface area contributed by atoms with E-state index in [1.807, 2.05) is 55.6 Å². The number of benzene rings is 2. The first-order valence-electron chi connectivity index (χ1n) is 8.79. The van der Waals surface area contributed by atoms with Crippen molar-refractivity contribution in [3.8, 4) is 5.75 Å². The number of fused-ring (bicyclic) bond motifs is 1. The molecule has 0 saturated carbocycles. The first kappa shape index (κ1) is 16.6. The lowest BCUT2D eigenvalue weighted by Gasteiger charge is -2.14. The molecule has 26 heavy (non-hydrogen) atoms. The van der Waals surface area contributed by atoms with E-state index < -0.39 is 0 Å². The van der Waals surface area contributed by atoms with Gasteiger partial charge in [0.25, 0.3) is 5.91 Å². The summed E-state index contributed by atoms with van der Waals surface area (Å²) in [5.41, 5.74) is 1.95. The molecule has 1 amide bonds. The summed E-state index contributed by atoms with van der Waals surface area (Å²) in [5, 5.41) is 8.12. The quantitative estimate of drug-likeness (QED) is 0.765. The van der Waals surface area contributed by atoms with Crippen molar-refractivity contribution in [3.63, 3.8) is 0 Å². The highest BCUT2D eigenvalue weighted by Crippen LogP contribution is 2.26. The van der Waals surface area contributed by atoms with Gasteiger partial charge in [-0.2, -0.15) is 5.10 Å². The van der Waals surface area contributed by atoms with Gasteiger partial charge in [0.1, 0.15) is 12.4 Å². The zero-order chi connectivity index (χ0) is 17.9. The van der Waals surface area contributed by atoms with Gasteiger partial charge < -0.3 is 14.8 Å². The molecule has 1 saturated heterocycles. The number of hydrogen-bond acceptors (Lipinski definition) is 4. The number of nitrogens with one attached hydrogen (secondary N) is 1. The number of aromatic nitrogens is 2. The summed E-state index contributed by atoms with van der Waals surface area (Å²) in [5.74, 6) is 0.381. The van der Waals surface area contributed by atoms with Crippen molar-refractivity contribution in [2.75, 3.05) is 18.5 Å². The van der Waals surface area contributed by atoms with Crippen LogP contribution in [0.25, 0.3) is 10.9 Å². The lowest BCUT2D eigenvalue weighted by molar-refractivity contribution is 0.0682. The van der Waals surface area contributed by atoms with Crippen LogP contribution in [0, 0.1) is 0 Å². The highest BCUT2D eigenvalue weighted by Gasteiger charge is 2.19. The van der Waals surface area contributed by atoms with Gasteiger partial charge in [-0.25, -0.2) is 0 Å². The van der Waals surface area contributed by atoms with Crippen LogP contribution >= 0.6 is 0 Å². The van der Waals surface area contributed by atoms with Crippen LogP contribution in [0.5, 0.6) is 5.75 Å². The number of carbonyl (C=O) groups is 1. The normalized spacial score (nSPS) is 16.7. The average molecular weight is 351 g/mol. The fraction of sp³-hybridized carbons (Fsp3) is 0.300. The summed E-state index contributed by atoms with van der Waals surface area (Å²) in [6, 6.07) is 15.1. The van der Waals surface area contributed by atoms with E-state index in [9.17, 15) is 4.79 Å². The van der Waals surface area contributed by atoms with Crippen molar-refractivity contribution >= 4 is 22.5 Å². The fourth-order valence-electron chi connectivity index (χ4n) is 3.22. The number of anilines is 1. The van der Waals surface area contributed by atoms with Gasteiger partial charge in [0.2, 0.25) is 0 Å². The van der Waals surface area contributed by atoms with Gasteiger partial charge in [0.15, 0.2) is 5.69 Å². The molecule has 0 bridgehead atoms. The summed E-state index contributed by atoms with van der Waals surface area (Å²) < 4.78 is 13.2. The van der Waals surface area contributed by atoms with Crippen LogP contribution in [-0.4, -0.2) is 35.0 Å². The van der Waals surface area contributed by atoms with Crippen LogP contribution in [0.15, 0.2) is 48.5 Å². The lowest BCUT2D eigenvalue weighted by Crippen LogP contribution is -2.18. The van der Waals surface area contributed by atoms with E-state index in [0.29, 0.717) is 23.7 Å². The minimum atomic E-state index is -0.255. The van der Waals surface area contributed by atoms with E-state index in [2.05, 4.69) is 10.4 Å². The van der Waals surface area contributed by atoms with Gasteiger partial charge in [-0.15, -0.1) is 0 Å². The Morgan fingerprint density at radius 3 is 2.92 bits per heavy atom. The number of nitrogens with zero attached hydrogens (tertiary/aromatic N) is 2. The molecule has 1 aromatic heterocycles. The summed E-state index contributed by atoms with van der Waals surface area (Å²) in [6.45, 7) is 1.28. The van der Waals surface area contributed by atoms with Gasteiger partial charge >= 0.3 is 0 Å². The summed E-state index contributed by atoms with van der Waals surface area (Å²) >= 11 is 0. The molecule has 1 atom stereocenters.